The first-order valence-corrected chi connectivity index (χ1v) is 10.1. The van der Waals surface area contributed by atoms with Gasteiger partial charge in [0.2, 0.25) is 0 Å². The van der Waals surface area contributed by atoms with Crippen molar-refractivity contribution in [1.82, 2.24) is 30.2 Å². The van der Waals surface area contributed by atoms with E-state index in [1.54, 1.807) is 29.2 Å². The number of pyridine rings is 1. The van der Waals surface area contributed by atoms with Gasteiger partial charge in [0.1, 0.15) is 11.5 Å². The number of thiophene rings is 1. The number of carbonyl (C=O) groups is 1. The first-order valence-electron chi connectivity index (χ1n) is 8.93. The van der Waals surface area contributed by atoms with Gasteiger partial charge < -0.3 is 15.1 Å². The molecule has 28 heavy (non-hydrogen) atoms. The molecule has 146 valence electrons. The second-order valence-electron chi connectivity index (χ2n) is 6.61. The van der Waals surface area contributed by atoms with Crippen LogP contribution in [-0.2, 0) is 6.54 Å². The zero-order valence-corrected chi connectivity index (χ0v) is 16.9. The van der Waals surface area contributed by atoms with Crippen LogP contribution in [0.5, 0.6) is 0 Å². The van der Waals surface area contributed by atoms with Crippen LogP contribution in [0.15, 0.2) is 36.7 Å². The summed E-state index contributed by atoms with van der Waals surface area (Å²) in [5.41, 5.74) is 1.49. The lowest BCUT2D eigenvalue weighted by molar-refractivity contribution is 0.0954. The maximum Gasteiger partial charge on any atom is 0.261 e. The Morgan fingerprint density at radius 2 is 2.04 bits per heavy atom. The molecule has 1 N–H and O–H groups in total. The van der Waals surface area contributed by atoms with Crippen molar-refractivity contribution in [1.29, 1.82) is 0 Å². The van der Waals surface area contributed by atoms with Gasteiger partial charge in [-0.1, -0.05) is 16.8 Å². The lowest BCUT2D eigenvalue weighted by Crippen LogP contribution is -2.44. The van der Waals surface area contributed by atoms with Gasteiger partial charge in [-0.2, -0.15) is 0 Å². The molecular formula is C18H20ClN7OS. The summed E-state index contributed by atoms with van der Waals surface area (Å²) >= 11 is 7.11. The van der Waals surface area contributed by atoms with E-state index in [1.807, 2.05) is 12.1 Å². The highest BCUT2D eigenvalue weighted by atomic mass is 35.5. The molecule has 1 amide bonds. The topological polar surface area (TPSA) is 79.2 Å². The Balaban J connectivity index is 1.36. The molecule has 0 bridgehead atoms. The summed E-state index contributed by atoms with van der Waals surface area (Å²) in [4.78, 5) is 21.8. The van der Waals surface area contributed by atoms with E-state index in [1.165, 1.54) is 11.3 Å². The highest BCUT2D eigenvalue weighted by Gasteiger charge is 2.15. The van der Waals surface area contributed by atoms with E-state index in [4.69, 9.17) is 11.6 Å². The number of anilines is 1. The number of nitrogens with zero attached hydrogens (tertiary/aromatic N) is 6. The third-order valence-corrected chi connectivity index (χ3v) is 5.82. The first kappa shape index (κ1) is 18.9. The van der Waals surface area contributed by atoms with Crippen LogP contribution >= 0.6 is 22.9 Å². The lowest BCUT2D eigenvalue weighted by atomic mass is 10.3. The van der Waals surface area contributed by atoms with Crippen molar-refractivity contribution in [2.24, 2.45) is 0 Å². The van der Waals surface area contributed by atoms with E-state index in [0.717, 1.165) is 37.7 Å². The smallest absolute Gasteiger partial charge is 0.261 e. The van der Waals surface area contributed by atoms with E-state index in [9.17, 15) is 4.79 Å². The Morgan fingerprint density at radius 3 is 2.71 bits per heavy atom. The molecule has 1 saturated heterocycles. The SMILES string of the molecule is CN1CCN(c2ccc(-n3cc(CNC(=O)c4ccc(Cl)s4)nn3)cn2)CC1. The minimum atomic E-state index is -0.176. The number of halogens is 1. The van der Waals surface area contributed by atoms with Crippen molar-refractivity contribution in [3.8, 4) is 5.69 Å². The van der Waals surface area contributed by atoms with Gasteiger partial charge in [0.15, 0.2) is 0 Å². The normalized spacial score (nSPS) is 15.0. The summed E-state index contributed by atoms with van der Waals surface area (Å²) < 4.78 is 2.24. The Morgan fingerprint density at radius 1 is 1.21 bits per heavy atom. The monoisotopic (exact) mass is 417 g/mol. The molecule has 0 saturated carbocycles. The summed E-state index contributed by atoms with van der Waals surface area (Å²) in [6, 6.07) is 7.39. The van der Waals surface area contributed by atoms with Gasteiger partial charge in [0, 0.05) is 26.2 Å². The summed E-state index contributed by atoms with van der Waals surface area (Å²) in [6.07, 6.45) is 3.58. The zero-order chi connectivity index (χ0) is 19.5. The predicted octanol–water partition coefficient (Wildman–Crippen LogP) is 2.06. The van der Waals surface area contributed by atoms with Crippen LogP contribution in [0.4, 0.5) is 5.82 Å². The second kappa shape index (κ2) is 8.26. The minimum absolute atomic E-state index is 0.176. The first-order chi connectivity index (χ1) is 13.6. The molecule has 0 unspecified atom stereocenters. The van der Waals surface area contributed by atoms with E-state index < -0.39 is 0 Å². The molecule has 0 spiro atoms. The van der Waals surface area contributed by atoms with Crippen LogP contribution in [-0.4, -0.2) is 64.0 Å². The molecule has 1 aliphatic heterocycles. The molecule has 0 atom stereocenters. The summed E-state index contributed by atoms with van der Waals surface area (Å²) in [7, 11) is 2.13. The Hall–Kier alpha value is -2.49. The van der Waals surface area contributed by atoms with Crippen LogP contribution in [0.1, 0.15) is 15.4 Å². The number of nitrogens with one attached hydrogen (secondary N) is 1. The number of rotatable bonds is 5. The van der Waals surface area contributed by atoms with Gasteiger partial charge in [0.25, 0.3) is 5.91 Å². The summed E-state index contributed by atoms with van der Waals surface area (Å²) in [5, 5.41) is 11.1. The highest BCUT2D eigenvalue weighted by molar-refractivity contribution is 7.17. The quantitative estimate of drug-likeness (QED) is 0.684. The number of hydrogen-bond donors (Lipinski definition) is 1. The average Bonchev–Trinajstić information content (AvgIpc) is 3.36. The highest BCUT2D eigenvalue weighted by Crippen LogP contribution is 2.21. The fraction of sp³-hybridized carbons (Fsp3) is 0.333. The third kappa shape index (κ3) is 4.32. The molecule has 4 heterocycles. The van der Waals surface area contributed by atoms with Crippen molar-refractivity contribution in [2.75, 3.05) is 38.1 Å². The Labute approximate surface area is 171 Å². The van der Waals surface area contributed by atoms with E-state index in [-0.39, 0.29) is 5.91 Å². The van der Waals surface area contributed by atoms with Crippen molar-refractivity contribution in [2.45, 2.75) is 6.54 Å². The summed E-state index contributed by atoms with van der Waals surface area (Å²) in [6.45, 7) is 4.33. The Bertz CT molecular complexity index is 947. The molecule has 0 radical (unpaired) electrons. The van der Waals surface area contributed by atoms with E-state index >= 15 is 0 Å². The second-order valence-corrected chi connectivity index (χ2v) is 8.32. The molecule has 1 aliphatic rings. The van der Waals surface area contributed by atoms with Crippen molar-refractivity contribution >= 4 is 34.7 Å². The molecule has 8 nitrogen and oxygen atoms in total. The van der Waals surface area contributed by atoms with Gasteiger partial charge in [-0.25, -0.2) is 9.67 Å². The van der Waals surface area contributed by atoms with E-state index in [0.29, 0.717) is 21.5 Å². The lowest BCUT2D eigenvalue weighted by Gasteiger charge is -2.33. The molecule has 0 aromatic carbocycles. The van der Waals surface area contributed by atoms with Gasteiger partial charge in [-0.05, 0) is 31.3 Å². The largest absolute Gasteiger partial charge is 0.354 e. The number of piperazine rings is 1. The molecule has 1 fully saturated rings. The van der Waals surface area contributed by atoms with Crippen LogP contribution in [0.2, 0.25) is 4.34 Å². The molecule has 0 aliphatic carbocycles. The fourth-order valence-corrected chi connectivity index (χ4v) is 3.90. The van der Waals surface area contributed by atoms with Crippen molar-refractivity contribution in [3.63, 3.8) is 0 Å². The van der Waals surface area contributed by atoms with Gasteiger partial charge >= 0.3 is 0 Å². The Kier molecular flexibility index (Phi) is 5.56. The third-order valence-electron chi connectivity index (χ3n) is 4.59. The van der Waals surface area contributed by atoms with Crippen LogP contribution < -0.4 is 10.2 Å². The molecule has 10 heteroatoms. The number of carbonyl (C=O) groups excluding carboxylic acids is 1. The average molecular weight is 418 g/mol. The zero-order valence-electron chi connectivity index (χ0n) is 15.4. The van der Waals surface area contributed by atoms with Crippen LogP contribution in [0, 0.1) is 0 Å². The van der Waals surface area contributed by atoms with Crippen molar-refractivity contribution in [3.05, 3.63) is 51.6 Å². The fourth-order valence-electron chi connectivity index (χ4n) is 2.94. The maximum atomic E-state index is 12.1. The predicted molar refractivity (Wildman–Crippen MR) is 109 cm³/mol. The summed E-state index contributed by atoms with van der Waals surface area (Å²) in [5.74, 6) is 0.795. The van der Waals surface area contributed by atoms with Gasteiger partial charge in [-0.15, -0.1) is 16.4 Å². The molecule has 4 rings (SSSR count). The maximum absolute atomic E-state index is 12.1. The molecular weight excluding hydrogens is 398 g/mol. The number of amides is 1. The van der Waals surface area contributed by atoms with Crippen molar-refractivity contribution < 1.29 is 4.79 Å². The van der Waals surface area contributed by atoms with Crippen LogP contribution in [0.25, 0.3) is 5.69 Å². The number of aromatic nitrogens is 4. The van der Waals surface area contributed by atoms with E-state index in [2.05, 4.69) is 37.5 Å². The number of likely N-dealkylation sites (N-methyl/N-ethyl adjacent to an activating group) is 1. The van der Waals surface area contributed by atoms with Gasteiger partial charge in [-0.3, -0.25) is 4.79 Å². The van der Waals surface area contributed by atoms with Gasteiger partial charge in [0.05, 0.1) is 33.8 Å². The van der Waals surface area contributed by atoms with Crippen LogP contribution in [0.3, 0.4) is 0 Å². The minimum Gasteiger partial charge on any atom is -0.354 e. The molecule has 3 aromatic heterocycles. The number of hydrogen-bond acceptors (Lipinski definition) is 7. The molecule has 3 aromatic rings. The standard InChI is InChI=1S/C18H20ClN7OS/c1-24-6-8-25(9-7-24)17-5-2-14(11-20-17)26-12-13(22-23-26)10-21-18(27)15-3-4-16(19)28-15/h2-5,11-12H,6-10H2,1H3,(H,21,27).